The van der Waals surface area contributed by atoms with Crippen LogP contribution in [0.5, 0.6) is 11.5 Å². The predicted molar refractivity (Wildman–Crippen MR) is 123 cm³/mol. The van der Waals surface area contributed by atoms with Gasteiger partial charge in [0.05, 0.1) is 18.5 Å². The first-order valence-electron chi connectivity index (χ1n) is 9.79. The van der Waals surface area contributed by atoms with E-state index in [1.807, 2.05) is 19.1 Å². The van der Waals surface area contributed by atoms with Crippen LogP contribution in [0.1, 0.15) is 16.8 Å². The van der Waals surface area contributed by atoms with Crippen molar-refractivity contribution in [3.63, 3.8) is 0 Å². The minimum atomic E-state index is -0.440. The molecule has 1 amide bonds. The number of rotatable bonds is 6. The Kier molecular flexibility index (Phi) is 5.91. The Morgan fingerprint density at radius 3 is 2.69 bits per heavy atom. The van der Waals surface area contributed by atoms with E-state index in [1.54, 1.807) is 55.4 Å². The number of amides is 1. The molecule has 0 atom stereocenters. The standard InChI is InChI=1S/C23H21FN4O3S/c1-14-19(12-27(2)26-14)28-22(29)18(25-23(28)32)11-15-8-9-20(30-3)16(10-15)13-31-21-7-5-4-6-17(21)24/h4-12H,13H2,1-3H3,(H,25,32)/b18-11+. The topological polar surface area (TPSA) is 68.6 Å². The van der Waals surface area contributed by atoms with E-state index >= 15 is 0 Å². The second-order valence-corrected chi connectivity index (χ2v) is 7.58. The van der Waals surface area contributed by atoms with Gasteiger partial charge in [-0.2, -0.15) is 5.10 Å². The molecular weight excluding hydrogens is 431 g/mol. The molecule has 2 heterocycles. The number of nitrogens with one attached hydrogen (secondary N) is 1. The number of benzene rings is 2. The summed E-state index contributed by atoms with van der Waals surface area (Å²) in [7, 11) is 3.33. The molecule has 1 aliphatic heterocycles. The Hall–Kier alpha value is -3.72. The molecule has 2 aromatic carbocycles. The van der Waals surface area contributed by atoms with Gasteiger partial charge in [0.2, 0.25) is 0 Å². The van der Waals surface area contributed by atoms with E-state index in [4.69, 9.17) is 21.7 Å². The second-order valence-electron chi connectivity index (χ2n) is 7.19. The fourth-order valence-corrected chi connectivity index (χ4v) is 3.74. The van der Waals surface area contributed by atoms with E-state index in [-0.39, 0.29) is 23.4 Å². The van der Waals surface area contributed by atoms with Gasteiger partial charge < -0.3 is 14.8 Å². The number of aromatic nitrogens is 2. The highest BCUT2D eigenvalue weighted by molar-refractivity contribution is 7.80. The number of halogens is 1. The summed E-state index contributed by atoms with van der Waals surface area (Å²) < 4.78 is 26.5. The molecule has 0 bridgehead atoms. The molecule has 1 saturated heterocycles. The second kappa shape index (κ2) is 8.80. The van der Waals surface area contributed by atoms with Crippen LogP contribution in [0.15, 0.2) is 54.4 Å². The number of methoxy groups -OCH3 is 1. The van der Waals surface area contributed by atoms with Crippen LogP contribution in [-0.4, -0.2) is 27.9 Å². The summed E-state index contributed by atoms with van der Waals surface area (Å²) in [5, 5.41) is 7.53. The molecule has 164 valence electrons. The molecule has 0 saturated carbocycles. The van der Waals surface area contributed by atoms with Gasteiger partial charge in [-0.05, 0) is 55.0 Å². The maximum Gasteiger partial charge on any atom is 0.281 e. The highest BCUT2D eigenvalue weighted by atomic mass is 32.1. The smallest absolute Gasteiger partial charge is 0.281 e. The zero-order chi connectivity index (χ0) is 22.8. The van der Waals surface area contributed by atoms with Gasteiger partial charge in [-0.15, -0.1) is 0 Å². The lowest BCUT2D eigenvalue weighted by atomic mass is 10.1. The molecule has 1 aliphatic rings. The number of thiocarbonyl (C=S) groups is 1. The molecule has 3 aromatic rings. The fraction of sp³-hybridized carbons (Fsp3) is 0.174. The van der Waals surface area contributed by atoms with Crippen molar-refractivity contribution in [3.05, 3.63) is 77.0 Å². The number of carbonyl (C=O) groups is 1. The fourth-order valence-electron chi connectivity index (χ4n) is 3.45. The lowest BCUT2D eigenvalue weighted by Gasteiger charge is -2.12. The predicted octanol–water partition coefficient (Wildman–Crippen LogP) is 3.72. The van der Waals surface area contributed by atoms with Crippen LogP contribution in [0.2, 0.25) is 0 Å². The van der Waals surface area contributed by atoms with Gasteiger partial charge in [-0.1, -0.05) is 18.2 Å². The summed E-state index contributed by atoms with van der Waals surface area (Å²) in [6.07, 6.45) is 3.45. The molecule has 0 spiro atoms. The molecule has 0 radical (unpaired) electrons. The molecule has 1 aromatic heterocycles. The Morgan fingerprint density at radius 2 is 2.00 bits per heavy atom. The maximum absolute atomic E-state index is 13.9. The number of anilines is 1. The van der Waals surface area contributed by atoms with Gasteiger partial charge in [0.15, 0.2) is 16.7 Å². The van der Waals surface area contributed by atoms with E-state index in [1.165, 1.54) is 11.0 Å². The third kappa shape index (κ3) is 4.19. The summed E-state index contributed by atoms with van der Waals surface area (Å²) in [4.78, 5) is 14.4. The molecule has 7 nitrogen and oxygen atoms in total. The lowest BCUT2D eigenvalue weighted by Crippen LogP contribution is -2.30. The van der Waals surface area contributed by atoms with Crippen LogP contribution < -0.4 is 19.7 Å². The van der Waals surface area contributed by atoms with Crippen molar-refractivity contribution in [1.29, 1.82) is 0 Å². The monoisotopic (exact) mass is 452 g/mol. The van der Waals surface area contributed by atoms with Crippen molar-refractivity contribution in [2.45, 2.75) is 13.5 Å². The summed E-state index contributed by atoms with van der Waals surface area (Å²) >= 11 is 5.38. The van der Waals surface area contributed by atoms with Crippen molar-refractivity contribution in [3.8, 4) is 11.5 Å². The number of aryl methyl sites for hydroxylation is 2. The van der Waals surface area contributed by atoms with E-state index in [0.29, 0.717) is 28.4 Å². The summed E-state index contributed by atoms with van der Waals surface area (Å²) in [6.45, 7) is 1.92. The summed E-state index contributed by atoms with van der Waals surface area (Å²) in [6, 6.07) is 11.6. The number of para-hydroxylation sites is 1. The van der Waals surface area contributed by atoms with Crippen LogP contribution in [-0.2, 0) is 18.4 Å². The van der Waals surface area contributed by atoms with Gasteiger partial charge in [0.1, 0.15) is 18.1 Å². The van der Waals surface area contributed by atoms with Gasteiger partial charge in [-0.25, -0.2) is 9.29 Å². The van der Waals surface area contributed by atoms with Gasteiger partial charge in [-0.3, -0.25) is 9.48 Å². The minimum Gasteiger partial charge on any atom is -0.496 e. The van der Waals surface area contributed by atoms with Gasteiger partial charge >= 0.3 is 0 Å². The Bertz CT molecular complexity index is 1240. The molecule has 0 unspecified atom stereocenters. The normalized spacial score (nSPS) is 14.8. The van der Waals surface area contributed by atoms with Crippen LogP contribution >= 0.6 is 12.2 Å². The minimum absolute atomic E-state index is 0.0991. The molecular formula is C23H21FN4O3S. The van der Waals surface area contributed by atoms with Gasteiger partial charge in [0, 0.05) is 18.8 Å². The molecule has 4 rings (SSSR count). The van der Waals surface area contributed by atoms with Crippen molar-refractivity contribution in [1.82, 2.24) is 15.1 Å². The van der Waals surface area contributed by atoms with E-state index in [9.17, 15) is 9.18 Å². The SMILES string of the molecule is COc1ccc(/C=C2/NC(=S)N(c3cn(C)nc3C)C2=O)cc1COc1ccccc1F. The van der Waals surface area contributed by atoms with E-state index in [2.05, 4.69) is 10.4 Å². The Labute approximate surface area is 190 Å². The number of hydrogen-bond acceptors (Lipinski definition) is 5. The summed E-state index contributed by atoms with van der Waals surface area (Å²) in [5.74, 6) is 0.0342. The van der Waals surface area contributed by atoms with E-state index < -0.39 is 5.82 Å². The highest BCUT2D eigenvalue weighted by Gasteiger charge is 2.33. The van der Waals surface area contributed by atoms with Crippen LogP contribution in [0.25, 0.3) is 6.08 Å². The average Bonchev–Trinajstić information content (AvgIpc) is 3.23. The Balaban J connectivity index is 1.59. The van der Waals surface area contributed by atoms with Gasteiger partial charge in [0.25, 0.3) is 5.91 Å². The number of nitrogens with zero attached hydrogens (tertiary/aromatic N) is 3. The zero-order valence-corrected chi connectivity index (χ0v) is 18.6. The maximum atomic E-state index is 13.9. The summed E-state index contributed by atoms with van der Waals surface area (Å²) in [5.41, 5.74) is 3.11. The number of carbonyl (C=O) groups excluding carboxylic acids is 1. The van der Waals surface area contributed by atoms with Crippen LogP contribution in [0, 0.1) is 12.7 Å². The third-order valence-corrected chi connectivity index (χ3v) is 5.23. The van der Waals surface area contributed by atoms with Crippen LogP contribution in [0.3, 0.4) is 0 Å². The molecule has 1 N–H and O–H groups in total. The van der Waals surface area contributed by atoms with Crippen molar-refractivity contribution in [2.24, 2.45) is 7.05 Å². The average molecular weight is 453 g/mol. The van der Waals surface area contributed by atoms with Crippen LogP contribution in [0.4, 0.5) is 10.1 Å². The van der Waals surface area contributed by atoms with Crippen molar-refractivity contribution < 1.29 is 18.7 Å². The number of ether oxygens (including phenoxy) is 2. The quantitative estimate of drug-likeness (QED) is 0.454. The lowest BCUT2D eigenvalue weighted by molar-refractivity contribution is -0.113. The zero-order valence-electron chi connectivity index (χ0n) is 17.8. The first-order chi connectivity index (χ1) is 15.4. The molecule has 32 heavy (non-hydrogen) atoms. The van der Waals surface area contributed by atoms with Crippen molar-refractivity contribution >= 4 is 35.0 Å². The highest BCUT2D eigenvalue weighted by Crippen LogP contribution is 2.27. The molecule has 0 aliphatic carbocycles. The number of hydrogen-bond donors (Lipinski definition) is 1. The largest absolute Gasteiger partial charge is 0.496 e. The van der Waals surface area contributed by atoms with E-state index in [0.717, 1.165) is 5.56 Å². The first-order valence-corrected chi connectivity index (χ1v) is 10.2. The third-order valence-electron chi connectivity index (χ3n) is 4.94. The Morgan fingerprint density at radius 1 is 1.22 bits per heavy atom. The molecule has 1 fully saturated rings. The molecule has 9 heteroatoms. The van der Waals surface area contributed by atoms with Crippen molar-refractivity contribution in [2.75, 3.05) is 12.0 Å². The first kappa shape index (κ1) is 21.5.